The number of carboxylic acids is 1. The first kappa shape index (κ1) is 12.8. The van der Waals surface area contributed by atoms with Gasteiger partial charge in [-0.05, 0) is 44.2 Å². The smallest absolute Gasteiger partial charge is 0.356 e. The minimum absolute atomic E-state index is 0.198. The van der Waals surface area contributed by atoms with E-state index in [4.69, 9.17) is 0 Å². The highest BCUT2D eigenvalue weighted by atomic mass is 16.4. The van der Waals surface area contributed by atoms with Crippen LogP contribution in [0, 0.1) is 6.92 Å². The molecule has 0 aliphatic heterocycles. The number of pyridine rings is 1. The maximum Gasteiger partial charge on any atom is 0.356 e. The molecule has 0 fully saturated rings. The molecule has 2 aromatic rings. The van der Waals surface area contributed by atoms with Crippen molar-refractivity contribution in [2.75, 3.05) is 0 Å². The average molecular weight is 271 g/mol. The molecule has 2 heterocycles. The van der Waals surface area contributed by atoms with Crippen molar-refractivity contribution in [2.24, 2.45) is 0 Å². The third-order valence-electron chi connectivity index (χ3n) is 3.74. The molecule has 0 saturated carbocycles. The van der Waals surface area contributed by atoms with Crippen LogP contribution in [0.3, 0.4) is 0 Å². The van der Waals surface area contributed by atoms with Gasteiger partial charge >= 0.3 is 5.97 Å². The Bertz CT molecular complexity index is 661. The van der Waals surface area contributed by atoms with E-state index < -0.39 is 5.97 Å². The van der Waals surface area contributed by atoms with E-state index >= 15 is 0 Å². The number of aromatic nitrogens is 3. The van der Waals surface area contributed by atoms with Crippen molar-refractivity contribution in [2.45, 2.75) is 39.0 Å². The number of hydrogen-bond acceptors (Lipinski definition) is 3. The van der Waals surface area contributed by atoms with E-state index in [1.807, 2.05) is 13.0 Å². The minimum atomic E-state index is -0.942. The lowest BCUT2D eigenvalue weighted by Gasteiger charge is -2.07. The van der Waals surface area contributed by atoms with Crippen LogP contribution in [-0.2, 0) is 12.8 Å². The van der Waals surface area contributed by atoms with Gasteiger partial charge in [-0.25, -0.2) is 9.48 Å². The lowest BCUT2D eigenvalue weighted by molar-refractivity contribution is 0.0688. The fourth-order valence-corrected chi connectivity index (χ4v) is 2.82. The van der Waals surface area contributed by atoms with Crippen LogP contribution in [0.1, 0.15) is 46.6 Å². The Labute approximate surface area is 117 Å². The predicted molar refractivity (Wildman–Crippen MR) is 74.3 cm³/mol. The van der Waals surface area contributed by atoms with E-state index in [2.05, 4.69) is 10.1 Å². The van der Waals surface area contributed by atoms with Crippen LogP contribution in [0.2, 0.25) is 0 Å². The highest BCUT2D eigenvalue weighted by molar-refractivity contribution is 5.87. The van der Waals surface area contributed by atoms with Gasteiger partial charge in [0.05, 0.1) is 11.9 Å². The number of fused-ring (bicyclic) bond motifs is 1. The Morgan fingerprint density at radius 1 is 1.25 bits per heavy atom. The van der Waals surface area contributed by atoms with Gasteiger partial charge in [-0.2, -0.15) is 5.10 Å². The van der Waals surface area contributed by atoms with Gasteiger partial charge in [0.25, 0.3) is 0 Å². The van der Waals surface area contributed by atoms with Crippen LogP contribution in [0.5, 0.6) is 0 Å². The zero-order chi connectivity index (χ0) is 14.1. The summed E-state index contributed by atoms with van der Waals surface area (Å²) in [7, 11) is 0. The third-order valence-corrected chi connectivity index (χ3v) is 3.74. The first-order valence-corrected chi connectivity index (χ1v) is 6.93. The lowest BCUT2D eigenvalue weighted by atomic mass is 10.1. The molecule has 1 aliphatic carbocycles. The van der Waals surface area contributed by atoms with Crippen molar-refractivity contribution in [3.63, 3.8) is 0 Å². The molecule has 5 heteroatoms. The summed E-state index contributed by atoms with van der Waals surface area (Å²) in [5.74, 6) is -0.942. The number of hydrogen-bond donors (Lipinski definition) is 1. The van der Waals surface area contributed by atoms with Crippen LogP contribution in [0.15, 0.2) is 18.5 Å². The molecule has 0 amide bonds. The van der Waals surface area contributed by atoms with Crippen LogP contribution in [-0.4, -0.2) is 25.8 Å². The predicted octanol–water partition coefficient (Wildman–Crippen LogP) is 2.54. The Hall–Kier alpha value is -2.17. The fraction of sp³-hybridized carbons (Fsp3) is 0.400. The molecule has 0 radical (unpaired) electrons. The summed E-state index contributed by atoms with van der Waals surface area (Å²) in [4.78, 5) is 15.6. The second kappa shape index (κ2) is 5.07. The Kier molecular flexibility index (Phi) is 3.26. The quantitative estimate of drug-likeness (QED) is 0.852. The number of aryl methyl sites for hydroxylation is 1. The zero-order valence-electron chi connectivity index (χ0n) is 11.5. The largest absolute Gasteiger partial charge is 0.476 e. The monoisotopic (exact) mass is 271 g/mol. The Morgan fingerprint density at radius 2 is 2.05 bits per heavy atom. The molecule has 104 valence electrons. The molecule has 0 atom stereocenters. The topological polar surface area (TPSA) is 68.0 Å². The molecular weight excluding hydrogens is 254 g/mol. The van der Waals surface area contributed by atoms with Gasteiger partial charge in [-0.15, -0.1) is 0 Å². The standard InChI is InChI=1S/C15H17N3O2/c1-10-7-11(9-16-8-10)18-13-6-4-2-3-5-12(13)14(17-18)15(19)20/h7-9H,2-6H2,1H3,(H,19,20). The van der Waals surface area contributed by atoms with Crippen molar-refractivity contribution in [1.82, 2.24) is 14.8 Å². The third kappa shape index (κ3) is 2.19. The van der Waals surface area contributed by atoms with Gasteiger partial charge in [0.15, 0.2) is 5.69 Å². The molecule has 20 heavy (non-hydrogen) atoms. The van der Waals surface area contributed by atoms with Gasteiger partial charge in [-0.1, -0.05) is 6.42 Å². The number of carbonyl (C=O) groups is 1. The number of carboxylic acid groups (broad SMARTS) is 1. The van der Waals surface area contributed by atoms with E-state index in [0.29, 0.717) is 0 Å². The molecule has 1 aliphatic rings. The highest BCUT2D eigenvalue weighted by Gasteiger charge is 2.24. The molecule has 2 aromatic heterocycles. The molecule has 0 unspecified atom stereocenters. The highest BCUT2D eigenvalue weighted by Crippen LogP contribution is 2.26. The first-order valence-electron chi connectivity index (χ1n) is 6.93. The van der Waals surface area contributed by atoms with E-state index in [1.165, 1.54) is 0 Å². The fourth-order valence-electron chi connectivity index (χ4n) is 2.82. The molecule has 0 bridgehead atoms. The van der Waals surface area contributed by atoms with Gasteiger partial charge < -0.3 is 5.11 Å². The van der Waals surface area contributed by atoms with Crippen molar-refractivity contribution in [3.8, 4) is 5.69 Å². The van der Waals surface area contributed by atoms with Gasteiger partial charge in [-0.3, -0.25) is 4.98 Å². The maximum atomic E-state index is 11.4. The summed E-state index contributed by atoms with van der Waals surface area (Å²) >= 11 is 0. The first-order chi connectivity index (χ1) is 9.66. The van der Waals surface area contributed by atoms with Crippen LogP contribution in [0.25, 0.3) is 5.69 Å². The van der Waals surface area contributed by atoms with Crippen molar-refractivity contribution >= 4 is 5.97 Å². The lowest BCUT2D eigenvalue weighted by Crippen LogP contribution is -2.04. The number of aromatic carboxylic acids is 1. The molecule has 5 nitrogen and oxygen atoms in total. The Balaban J connectivity index is 2.18. The maximum absolute atomic E-state index is 11.4. The molecule has 3 rings (SSSR count). The molecular formula is C15H17N3O2. The summed E-state index contributed by atoms with van der Waals surface area (Å²) in [5.41, 5.74) is 4.01. The number of nitrogens with zero attached hydrogens (tertiary/aromatic N) is 3. The second-order valence-electron chi connectivity index (χ2n) is 5.27. The van der Waals surface area contributed by atoms with Gasteiger partial charge in [0.1, 0.15) is 0 Å². The molecule has 0 saturated heterocycles. The summed E-state index contributed by atoms with van der Waals surface area (Å²) in [6.45, 7) is 1.97. The van der Waals surface area contributed by atoms with Gasteiger partial charge in [0, 0.05) is 17.5 Å². The molecule has 0 aromatic carbocycles. The van der Waals surface area contributed by atoms with E-state index in [1.54, 1.807) is 17.1 Å². The molecule has 1 N–H and O–H groups in total. The van der Waals surface area contributed by atoms with Crippen molar-refractivity contribution in [3.05, 3.63) is 41.0 Å². The van der Waals surface area contributed by atoms with Crippen LogP contribution in [0.4, 0.5) is 0 Å². The van der Waals surface area contributed by atoms with Crippen LogP contribution < -0.4 is 0 Å². The second-order valence-corrected chi connectivity index (χ2v) is 5.27. The SMILES string of the molecule is Cc1cncc(-n2nc(C(=O)O)c3c2CCCCC3)c1. The number of rotatable bonds is 2. The summed E-state index contributed by atoms with van der Waals surface area (Å²) in [5, 5.41) is 13.7. The normalized spacial score (nSPS) is 14.7. The molecule has 0 spiro atoms. The Morgan fingerprint density at radius 3 is 2.80 bits per heavy atom. The zero-order valence-corrected chi connectivity index (χ0v) is 11.5. The van der Waals surface area contributed by atoms with Crippen molar-refractivity contribution in [1.29, 1.82) is 0 Å². The van der Waals surface area contributed by atoms with E-state index in [9.17, 15) is 9.90 Å². The average Bonchev–Trinajstić information content (AvgIpc) is 2.61. The van der Waals surface area contributed by atoms with Crippen LogP contribution >= 0.6 is 0 Å². The minimum Gasteiger partial charge on any atom is -0.476 e. The summed E-state index contributed by atoms with van der Waals surface area (Å²) in [6.07, 6.45) is 8.45. The van der Waals surface area contributed by atoms with E-state index in [-0.39, 0.29) is 5.69 Å². The van der Waals surface area contributed by atoms with Crippen molar-refractivity contribution < 1.29 is 9.90 Å². The van der Waals surface area contributed by atoms with E-state index in [0.717, 1.165) is 54.6 Å². The summed E-state index contributed by atoms with van der Waals surface area (Å²) in [6, 6.07) is 1.98. The summed E-state index contributed by atoms with van der Waals surface area (Å²) < 4.78 is 1.77. The van der Waals surface area contributed by atoms with Gasteiger partial charge in [0.2, 0.25) is 0 Å².